The average molecular weight is 278 g/mol. The lowest BCUT2D eigenvalue weighted by Gasteiger charge is -2.31. The van der Waals surface area contributed by atoms with E-state index in [4.69, 9.17) is 5.73 Å². The fourth-order valence-electron chi connectivity index (χ4n) is 2.67. The van der Waals surface area contributed by atoms with Crippen LogP contribution in [0.25, 0.3) is 0 Å². The van der Waals surface area contributed by atoms with Gasteiger partial charge in [-0.2, -0.15) is 0 Å². The number of nitrogens with zero attached hydrogens (tertiary/aromatic N) is 2. The largest absolute Gasteiger partial charge is 0.393 e. The van der Waals surface area contributed by atoms with Crippen molar-refractivity contribution in [1.29, 1.82) is 0 Å². The first-order chi connectivity index (χ1) is 9.61. The molecule has 1 aliphatic heterocycles. The van der Waals surface area contributed by atoms with Crippen LogP contribution < -0.4 is 16.0 Å². The van der Waals surface area contributed by atoms with E-state index in [0.29, 0.717) is 6.04 Å². The highest BCUT2D eigenvalue weighted by molar-refractivity contribution is 5.66. The Bertz CT molecular complexity index is 472. The number of hydrogen-bond donors (Lipinski definition) is 2. The van der Waals surface area contributed by atoms with E-state index >= 15 is 0 Å². The van der Waals surface area contributed by atoms with Crippen LogP contribution in [0.4, 0.5) is 17.1 Å². The molecule has 6 heteroatoms. The maximum absolute atomic E-state index is 10.8. The standard InChI is InChI=1S/C14H22N4O2/c1-2-17(10-11-5-3-4-8-16-11)12-6-7-14(18(19)20)13(15)9-12/h6-7,9,11,16H,2-5,8,10,15H2,1H3. The van der Waals surface area contributed by atoms with Gasteiger partial charge >= 0.3 is 0 Å². The number of nitro groups is 1. The van der Waals surface area contributed by atoms with Crippen LogP contribution in [-0.4, -0.2) is 30.6 Å². The Hall–Kier alpha value is -1.82. The van der Waals surface area contributed by atoms with Crippen LogP contribution in [0.3, 0.4) is 0 Å². The number of likely N-dealkylation sites (N-methyl/N-ethyl adjacent to an activating group) is 1. The number of rotatable bonds is 5. The first-order valence-electron chi connectivity index (χ1n) is 7.14. The Morgan fingerprint density at radius 3 is 2.85 bits per heavy atom. The Labute approximate surface area is 119 Å². The third kappa shape index (κ3) is 3.39. The van der Waals surface area contributed by atoms with Crippen LogP contribution in [0.15, 0.2) is 18.2 Å². The van der Waals surface area contributed by atoms with E-state index in [1.165, 1.54) is 25.3 Å². The Morgan fingerprint density at radius 2 is 2.30 bits per heavy atom. The highest BCUT2D eigenvalue weighted by Gasteiger charge is 2.18. The van der Waals surface area contributed by atoms with Crippen LogP contribution in [0.2, 0.25) is 0 Å². The minimum Gasteiger partial charge on any atom is -0.393 e. The third-order valence-corrected chi connectivity index (χ3v) is 3.81. The molecular weight excluding hydrogens is 256 g/mol. The quantitative estimate of drug-likeness (QED) is 0.490. The van der Waals surface area contributed by atoms with E-state index in [2.05, 4.69) is 17.1 Å². The van der Waals surface area contributed by atoms with Gasteiger partial charge in [0.05, 0.1) is 4.92 Å². The Kier molecular flexibility index (Phi) is 4.79. The smallest absolute Gasteiger partial charge is 0.292 e. The van der Waals surface area contributed by atoms with Gasteiger partial charge in [0.2, 0.25) is 0 Å². The maximum Gasteiger partial charge on any atom is 0.292 e. The molecule has 0 radical (unpaired) electrons. The van der Waals surface area contributed by atoms with Crippen molar-refractivity contribution in [3.8, 4) is 0 Å². The monoisotopic (exact) mass is 278 g/mol. The lowest BCUT2D eigenvalue weighted by molar-refractivity contribution is -0.383. The summed E-state index contributed by atoms with van der Waals surface area (Å²) in [7, 11) is 0. The second-order valence-corrected chi connectivity index (χ2v) is 5.19. The fourth-order valence-corrected chi connectivity index (χ4v) is 2.67. The van der Waals surface area contributed by atoms with Gasteiger partial charge in [-0.3, -0.25) is 10.1 Å². The molecule has 1 saturated heterocycles. The summed E-state index contributed by atoms with van der Waals surface area (Å²) in [5.74, 6) is 0. The second kappa shape index (κ2) is 6.56. The molecule has 20 heavy (non-hydrogen) atoms. The molecule has 3 N–H and O–H groups in total. The van der Waals surface area contributed by atoms with Gasteiger partial charge in [0, 0.05) is 30.9 Å². The molecule has 1 aromatic carbocycles. The molecular formula is C14H22N4O2. The lowest BCUT2D eigenvalue weighted by Crippen LogP contribution is -2.43. The first-order valence-corrected chi connectivity index (χ1v) is 7.14. The van der Waals surface area contributed by atoms with Crippen LogP contribution in [0, 0.1) is 10.1 Å². The molecule has 1 atom stereocenters. The molecule has 0 aromatic heterocycles. The minimum atomic E-state index is -0.446. The van der Waals surface area contributed by atoms with Crippen LogP contribution >= 0.6 is 0 Å². The molecule has 2 rings (SSSR count). The summed E-state index contributed by atoms with van der Waals surface area (Å²) in [5, 5.41) is 14.3. The van der Waals surface area contributed by atoms with Gasteiger partial charge in [-0.25, -0.2) is 0 Å². The van der Waals surface area contributed by atoms with E-state index in [9.17, 15) is 10.1 Å². The summed E-state index contributed by atoms with van der Waals surface area (Å²) in [6, 6.07) is 5.45. The highest BCUT2D eigenvalue weighted by atomic mass is 16.6. The highest BCUT2D eigenvalue weighted by Crippen LogP contribution is 2.27. The molecule has 0 saturated carbocycles. The summed E-state index contributed by atoms with van der Waals surface area (Å²) < 4.78 is 0. The molecule has 1 aromatic rings. The van der Waals surface area contributed by atoms with E-state index < -0.39 is 4.92 Å². The molecule has 1 fully saturated rings. The number of nitrogens with one attached hydrogen (secondary N) is 1. The molecule has 0 bridgehead atoms. The number of hydrogen-bond acceptors (Lipinski definition) is 5. The third-order valence-electron chi connectivity index (χ3n) is 3.81. The van der Waals surface area contributed by atoms with Gasteiger partial charge in [0.1, 0.15) is 5.69 Å². The number of nitro benzene ring substituents is 1. The van der Waals surface area contributed by atoms with Gasteiger partial charge in [-0.15, -0.1) is 0 Å². The zero-order valence-corrected chi connectivity index (χ0v) is 11.8. The molecule has 0 amide bonds. The zero-order chi connectivity index (χ0) is 14.5. The summed E-state index contributed by atoms with van der Waals surface area (Å²) in [6.45, 7) is 4.92. The summed E-state index contributed by atoms with van der Waals surface area (Å²) in [4.78, 5) is 12.6. The van der Waals surface area contributed by atoms with Crippen LogP contribution in [-0.2, 0) is 0 Å². The second-order valence-electron chi connectivity index (χ2n) is 5.19. The lowest BCUT2D eigenvalue weighted by atomic mass is 10.0. The first kappa shape index (κ1) is 14.6. The summed E-state index contributed by atoms with van der Waals surface area (Å²) in [5.41, 5.74) is 6.91. The van der Waals surface area contributed by atoms with Crippen molar-refractivity contribution in [3.63, 3.8) is 0 Å². The number of anilines is 2. The number of nitrogens with two attached hydrogens (primary N) is 1. The molecule has 0 aliphatic carbocycles. The Morgan fingerprint density at radius 1 is 1.50 bits per heavy atom. The van der Waals surface area contributed by atoms with Crippen molar-refractivity contribution in [2.24, 2.45) is 0 Å². The molecule has 0 spiro atoms. The number of benzene rings is 1. The molecule has 1 unspecified atom stereocenters. The van der Waals surface area contributed by atoms with Gasteiger partial charge < -0.3 is 16.0 Å². The minimum absolute atomic E-state index is 0.0272. The fraction of sp³-hybridized carbons (Fsp3) is 0.571. The van der Waals surface area contributed by atoms with E-state index in [-0.39, 0.29) is 11.4 Å². The van der Waals surface area contributed by atoms with Gasteiger partial charge in [-0.1, -0.05) is 6.42 Å². The van der Waals surface area contributed by atoms with Crippen molar-refractivity contribution in [2.75, 3.05) is 30.3 Å². The van der Waals surface area contributed by atoms with Crippen molar-refractivity contribution in [1.82, 2.24) is 5.32 Å². The number of piperidine rings is 1. The average Bonchev–Trinajstić information content (AvgIpc) is 2.45. The van der Waals surface area contributed by atoms with E-state index in [1.54, 1.807) is 12.1 Å². The normalized spacial score (nSPS) is 18.8. The summed E-state index contributed by atoms with van der Waals surface area (Å²) >= 11 is 0. The number of nitrogen functional groups attached to an aromatic ring is 1. The van der Waals surface area contributed by atoms with E-state index in [0.717, 1.165) is 25.3 Å². The van der Waals surface area contributed by atoms with Crippen molar-refractivity contribution in [2.45, 2.75) is 32.2 Å². The van der Waals surface area contributed by atoms with Gasteiger partial charge in [0.15, 0.2) is 0 Å². The molecule has 110 valence electrons. The van der Waals surface area contributed by atoms with Crippen molar-refractivity contribution in [3.05, 3.63) is 28.3 Å². The van der Waals surface area contributed by atoms with E-state index in [1.807, 2.05) is 0 Å². The molecule has 1 heterocycles. The molecule has 6 nitrogen and oxygen atoms in total. The van der Waals surface area contributed by atoms with Crippen LogP contribution in [0.5, 0.6) is 0 Å². The predicted molar refractivity (Wildman–Crippen MR) is 81.0 cm³/mol. The topological polar surface area (TPSA) is 84.4 Å². The molecule has 1 aliphatic rings. The van der Waals surface area contributed by atoms with Crippen molar-refractivity contribution < 1.29 is 4.92 Å². The van der Waals surface area contributed by atoms with Crippen LogP contribution in [0.1, 0.15) is 26.2 Å². The maximum atomic E-state index is 10.8. The zero-order valence-electron chi connectivity index (χ0n) is 11.8. The summed E-state index contributed by atoms with van der Waals surface area (Å²) in [6.07, 6.45) is 3.68. The van der Waals surface area contributed by atoms with Gasteiger partial charge in [-0.05, 0) is 38.4 Å². The van der Waals surface area contributed by atoms with Gasteiger partial charge in [0.25, 0.3) is 5.69 Å². The SMILES string of the molecule is CCN(CC1CCCCN1)c1ccc([N+](=O)[O-])c(N)c1. The predicted octanol–water partition coefficient (Wildman–Crippen LogP) is 2.15. The Balaban J connectivity index is 2.10. The van der Waals surface area contributed by atoms with Crippen molar-refractivity contribution >= 4 is 17.1 Å².